The molecule has 2 heterocycles. The van der Waals surface area contributed by atoms with Crippen LogP contribution in [0, 0.1) is 0 Å². The molecule has 5 aromatic rings. The lowest BCUT2D eigenvalue weighted by atomic mass is 10.0. The van der Waals surface area contributed by atoms with Crippen LogP contribution in [0.25, 0.3) is 21.7 Å². The molecule has 0 bridgehead atoms. The molecule has 2 aromatic heterocycles. The first-order valence-electron chi connectivity index (χ1n) is 9.80. The lowest BCUT2D eigenvalue weighted by Crippen LogP contribution is -2.06. The zero-order valence-corrected chi connectivity index (χ0v) is 16.8. The maximum atomic E-state index is 12.2. The number of rotatable bonds is 6. The zero-order valence-electron chi connectivity index (χ0n) is 16.8. The Balaban J connectivity index is 1.38. The summed E-state index contributed by atoms with van der Waals surface area (Å²) in [5, 5.41) is 11.2. The van der Waals surface area contributed by atoms with Crippen LogP contribution in [0.15, 0.2) is 82.1 Å². The summed E-state index contributed by atoms with van der Waals surface area (Å²) in [6, 6.07) is 20.7. The summed E-state index contributed by atoms with van der Waals surface area (Å²) in [6.07, 6.45) is 1.81. The van der Waals surface area contributed by atoms with Gasteiger partial charge in [-0.25, -0.2) is 9.48 Å². The molecule has 0 saturated carbocycles. The molecule has 0 aliphatic carbocycles. The SMILES string of the molecule is COc1ccc(OCc2cn(Cc3cc(=O)oc4c3ccc3ccccc34)nn2)cc1. The lowest BCUT2D eigenvalue weighted by molar-refractivity contribution is 0.300. The molecule has 31 heavy (non-hydrogen) atoms. The van der Waals surface area contributed by atoms with Gasteiger partial charge in [0.1, 0.15) is 29.4 Å². The maximum Gasteiger partial charge on any atom is 0.336 e. The average molecular weight is 413 g/mol. The number of nitrogens with zero attached hydrogens (tertiary/aromatic N) is 3. The first-order valence-corrected chi connectivity index (χ1v) is 9.80. The predicted molar refractivity (Wildman–Crippen MR) is 116 cm³/mol. The predicted octanol–water partition coefficient (Wildman–Crippen LogP) is 4.17. The van der Waals surface area contributed by atoms with Crippen molar-refractivity contribution in [3.8, 4) is 11.5 Å². The van der Waals surface area contributed by atoms with Crippen LogP contribution in [0.5, 0.6) is 11.5 Å². The van der Waals surface area contributed by atoms with E-state index >= 15 is 0 Å². The third kappa shape index (κ3) is 3.85. The van der Waals surface area contributed by atoms with E-state index in [0.29, 0.717) is 23.6 Å². The topological polar surface area (TPSA) is 79.4 Å². The van der Waals surface area contributed by atoms with Gasteiger partial charge in [-0.05, 0) is 35.2 Å². The van der Waals surface area contributed by atoms with Crippen LogP contribution >= 0.6 is 0 Å². The van der Waals surface area contributed by atoms with Crippen molar-refractivity contribution in [1.29, 1.82) is 0 Å². The summed E-state index contributed by atoms with van der Waals surface area (Å²) in [7, 11) is 1.62. The third-order valence-electron chi connectivity index (χ3n) is 5.08. The molecule has 0 saturated heterocycles. The van der Waals surface area contributed by atoms with Crippen molar-refractivity contribution in [3.63, 3.8) is 0 Å². The summed E-state index contributed by atoms with van der Waals surface area (Å²) in [5.41, 5.74) is 1.71. The molecule has 0 aliphatic rings. The molecule has 3 aromatic carbocycles. The molecule has 7 heteroatoms. The normalized spacial score (nSPS) is 11.1. The number of benzene rings is 3. The van der Waals surface area contributed by atoms with Gasteiger partial charge in [0.2, 0.25) is 0 Å². The minimum absolute atomic E-state index is 0.286. The Labute approximate surface area is 177 Å². The van der Waals surface area contributed by atoms with Crippen LogP contribution in [0.3, 0.4) is 0 Å². The Hall–Kier alpha value is -4.13. The van der Waals surface area contributed by atoms with Gasteiger partial charge in [0.25, 0.3) is 0 Å². The van der Waals surface area contributed by atoms with Crippen molar-refractivity contribution >= 4 is 21.7 Å². The highest BCUT2D eigenvalue weighted by atomic mass is 16.5. The Morgan fingerprint density at radius 3 is 2.61 bits per heavy atom. The fourth-order valence-electron chi connectivity index (χ4n) is 3.57. The molecule has 0 atom stereocenters. The molecule has 154 valence electrons. The fourth-order valence-corrected chi connectivity index (χ4v) is 3.57. The Kier molecular flexibility index (Phi) is 4.84. The van der Waals surface area contributed by atoms with Gasteiger partial charge < -0.3 is 13.9 Å². The minimum Gasteiger partial charge on any atom is -0.497 e. The van der Waals surface area contributed by atoms with Crippen LogP contribution < -0.4 is 15.1 Å². The molecular weight excluding hydrogens is 394 g/mol. The van der Waals surface area contributed by atoms with E-state index in [1.54, 1.807) is 11.8 Å². The van der Waals surface area contributed by atoms with E-state index in [1.165, 1.54) is 6.07 Å². The van der Waals surface area contributed by atoms with Crippen LogP contribution in [0.4, 0.5) is 0 Å². The summed E-state index contributed by atoms with van der Waals surface area (Å²) >= 11 is 0. The molecule has 0 radical (unpaired) electrons. The van der Waals surface area contributed by atoms with E-state index in [0.717, 1.165) is 27.5 Å². The van der Waals surface area contributed by atoms with Gasteiger partial charge in [0, 0.05) is 16.8 Å². The highest BCUT2D eigenvalue weighted by molar-refractivity contribution is 6.04. The summed E-state index contributed by atoms with van der Waals surface area (Å²) in [5.74, 6) is 1.49. The van der Waals surface area contributed by atoms with Crippen LogP contribution in [0.1, 0.15) is 11.3 Å². The molecule has 0 spiro atoms. The Bertz CT molecular complexity index is 1420. The molecule has 5 rings (SSSR count). The number of fused-ring (bicyclic) bond motifs is 3. The van der Waals surface area contributed by atoms with Crippen molar-refractivity contribution < 1.29 is 13.9 Å². The smallest absolute Gasteiger partial charge is 0.336 e. The third-order valence-corrected chi connectivity index (χ3v) is 5.08. The first-order chi connectivity index (χ1) is 15.2. The average Bonchev–Trinajstić information content (AvgIpc) is 3.25. The number of hydrogen-bond acceptors (Lipinski definition) is 6. The van der Waals surface area contributed by atoms with Crippen molar-refractivity contribution in [1.82, 2.24) is 15.0 Å². The molecular formula is C24H19N3O4. The molecule has 7 nitrogen and oxygen atoms in total. The highest BCUT2D eigenvalue weighted by Crippen LogP contribution is 2.27. The van der Waals surface area contributed by atoms with E-state index in [1.807, 2.05) is 66.9 Å². The Morgan fingerprint density at radius 2 is 1.77 bits per heavy atom. The highest BCUT2D eigenvalue weighted by Gasteiger charge is 2.11. The van der Waals surface area contributed by atoms with Gasteiger partial charge in [0.05, 0.1) is 19.9 Å². The van der Waals surface area contributed by atoms with Gasteiger partial charge in [-0.15, -0.1) is 5.10 Å². The second-order valence-corrected chi connectivity index (χ2v) is 7.13. The summed E-state index contributed by atoms with van der Waals surface area (Å²) in [6.45, 7) is 0.685. The molecule has 0 amide bonds. The second-order valence-electron chi connectivity index (χ2n) is 7.13. The number of aromatic nitrogens is 3. The molecule has 0 N–H and O–H groups in total. The summed E-state index contributed by atoms with van der Waals surface area (Å²) in [4.78, 5) is 12.2. The monoisotopic (exact) mass is 413 g/mol. The van der Waals surface area contributed by atoms with Gasteiger partial charge in [-0.1, -0.05) is 41.6 Å². The van der Waals surface area contributed by atoms with E-state index in [9.17, 15) is 4.79 Å². The van der Waals surface area contributed by atoms with Crippen molar-refractivity contribution in [2.45, 2.75) is 13.2 Å². The van der Waals surface area contributed by atoms with Crippen LogP contribution in [-0.2, 0) is 13.2 Å². The van der Waals surface area contributed by atoms with Gasteiger partial charge in [-0.2, -0.15) is 0 Å². The van der Waals surface area contributed by atoms with Gasteiger partial charge >= 0.3 is 5.63 Å². The van der Waals surface area contributed by atoms with Crippen LogP contribution in [-0.4, -0.2) is 22.1 Å². The van der Waals surface area contributed by atoms with Crippen molar-refractivity contribution in [2.24, 2.45) is 0 Å². The number of hydrogen-bond donors (Lipinski definition) is 0. The van der Waals surface area contributed by atoms with E-state index < -0.39 is 0 Å². The minimum atomic E-state index is -0.387. The Morgan fingerprint density at radius 1 is 0.968 bits per heavy atom. The van der Waals surface area contributed by atoms with E-state index in [2.05, 4.69) is 10.3 Å². The largest absolute Gasteiger partial charge is 0.497 e. The quantitative estimate of drug-likeness (QED) is 0.307. The van der Waals surface area contributed by atoms with Crippen molar-refractivity contribution in [2.75, 3.05) is 7.11 Å². The van der Waals surface area contributed by atoms with Gasteiger partial charge in [0.15, 0.2) is 0 Å². The fraction of sp³-hybridized carbons (Fsp3) is 0.125. The first kappa shape index (κ1) is 18.9. The zero-order chi connectivity index (χ0) is 21.2. The number of methoxy groups -OCH3 is 1. The van der Waals surface area contributed by atoms with E-state index in [4.69, 9.17) is 13.9 Å². The molecule has 0 fully saturated rings. The maximum absolute atomic E-state index is 12.2. The standard InChI is InChI=1S/C24H19N3O4/c1-29-19-7-9-20(10-8-19)30-15-18-14-27(26-25-18)13-17-12-23(28)31-24-21-5-3-2-4-16(21)6-11-22(17)24/h2-12,14H,13,15H2,1H3. The van der Waals surface area contributed by atoms with Gasteiger partial charge in [-0.3, -0.25) is 0 Å². The molecule has 0 aliphatic heterocycles. The second kappa shape index (κ2) is 7.95. The molecule has 0 unspecified atom stereocenters. The van der Waals surface area contributed by atoms with E-state index in [-0.39, 0.29) is 12.2 Å². The van der Waals surface area contributed by atoms with Crippen molar-refractivity contribution in [3.05, 3.63) is 94.6 Å². The lowest BCUT2D eigenvalue weighted by Gasteiger charge is -2.07. The summed E-state index contributed by atoms with van der Waals surface area (Å²) < 4.78 is 18.1. The number of ether oxygens (including phenoxy) is 2. The van der Waals surface area contributed by atoms with Crippen LogP contribution in [0.2, 0.25) is 0 Å².